The number of para-hydroxylation sites is 2. The first-order valence-corrected chi connectivity index (χ1v) is 16.4. The molecule has 0 atom stereocenters. The van der Waals surface area contributed by atoms with E-state index in [0.717, 1.165) is 23.6 Å². The Labute approximate surface area is 242 Å². The molecule has 1 heterocycles. The Bertz CT molecular complexity index is 1510. The van der Waals surface area contributed by atoms with E-state index in [4.69, 9.17) is 9.47 Å². The molecule has 1 aliphatic heterocycles. The van der Waals surface area contributed by atoms with E-state index in [9.17, 15) is 21.6 Å². The third-order valence-corrected chi connectivity index (χ3v) is 10.2. The molecule has 1 amide bonds. The third-order valence-electron chi connectivity index (χ3n) is 6.52. The highest BCUT2D eigenvalue weighted by Gasteiger charge is 2.29. The van der Waals surface area contributed by atoms with Crippen LogP contribution in [0.4, 0.5) is 5.69 Å². The van der Waals surface area contributed by atoms with Gasteiger partial charge in [-0.1, -0.05) is 36.8 Å². The zero-order valence-corrected chi connectivity index (χ0v) is 24.6. The van der Waals surface area contributed by atoms with Crippen LogP contribution in [0.15, 0.2) is 88.7 Å². The average molecular weight is 602 g/mol. The fourth-order valence-corrected chi connectivity index (χ4v) is 7.44. The lowest BCUT2D eigenvalue weighted by atomic mass is 10.2. The fraction of sp³-hybridized carbons (Fsp3) is 0.345. The van der Waals surface area contributed by atoms with Gasteiger partial charge in [-0.05, 0) is 68.3 Å². The maximum atomic E-state index is 13.6. The quantitative estimate of drug-likeness (QED) is 0.297. The minimum absolute atomic E-state index is 0.0492. The van der Waals surface area contributed by atoms with Crippen molar-refractivity contribution in [2.75, 3.05) is 43.7 Å². The Morgan fingerprint density at radius 1 is 0.829 bits per heavy atom. The van der Waals surface area contributed by atoms with E-state index >= 15 is 0 Å². The van der Waals surface area contributed by atoms with E-state index in [0.29, 0.717) is 31.2 Å². The summed E-state index contributed by atoms with van der Waals surface area (Å²) < 4.78 is 66.6. The molecule has 0 saturated carbocycles. The molecule has 0 spiro atoms. The Balaban J connectivity index is 1.37. The Kier molecular flexibility index (Phi) is 10.2. The maximum absolute atomic E-state index is 13.6. The average Bonchev–Trinajstić information content (AvgIpc) is 3.00. The molecule has 0 unspecified atom stereocenters. The summed E-state index contributed by atoms with van der Waals surface area (Å²) in [5.41, 5.74) is 0.254. The summed E-state index contributed by atoms with van der Waals surface area (Å²) in [7, 11) is -7.61. The van der Waals surface area contributed by atoms with Gasteiger partial charge in [-0.2, -0.15) is 4.31 Å². The van der Waals surface area contributed by atoms with Crippen molar-refractivity contribution in [3.63, 3.8) is 0 Å². The second kappa shape index (κ2) is 13.8. The van der Waals surface area contributed by atoms with Gasteiger partial charge in [0.2, 0.25) is 15.9 Å². The molecule has 0 aliphatic carbocycles. The van der Waals surface area contributed by atoms with Crippen molar-refractivity contribution in [3.05, 3.63) is 78.9 Å². The number of sulfonamides is 2. The minimum Gasteiger partial charge on any atom is -0.492 e. The van der Waals surface area contributed by atoms with E-state index < -0.39 is 32.5 Å². The van der Waals surface area contributed by atoms with Gasteiger partial charge in [0, 0.05) is 13.1 Å². The highest BCUT2D eigenvalue weighted by Crippen LogP contribution is 2.32. The molecule has 41 heavy (non-hydrogen) atoms. The van der Waals surface area contributed by atoms with Crippen LogP contribution in [0, 0.1) is 0 Å². The van der Waals surface area contributed by atoms with E-state index in [1.807, 2.05) is 0 Å². The lowest BCUT2D eigenvalue weighted by Crippen LogP contribution is -2.42. The number of nitrogens with one attached hydrogen (secondary N) is 1. The van der Waals surface area contributed by atoms with E-state index in [1.165, 1.54) is 28.6 Å². The molecule has 220 valence electrons. The molecule has 1 aliphatic rings. The molecule has 10 nitrogen and oxygen atoms in total. The Morgan fingerprint density at radius 2 is 1.49 bits per heavy atom. The van der Waals surface area contributed by atoms with Crippen molar-refractivity contribution in [1.29, 1.82) is 0 Å². The number of hydrogen-bond donors (Lipinski definition) is 1. The van der Waals surface area contributed by atoms with E-state index in [-0.39, 0.29) is 28.6 Å². The molecule has 4 rings (SSSR count). The van der Waals surface area contributed by atoms with Gasteiger partial charge in [0.25, 0.3) is 10.0 Å². The predicted octanol–water partition coefficient (Wildman–Crippen LogP) is 3.65. The van der Waals surface area contributed by atoms with Gasteiger partial charge in [0.15, 0.2) is 0 Å². The summed E-state index contributed by atoms with van der Waals surface area (Å²) in [4.78, 5) is 13.2. The Morgan fingerprint density at radius 3 is 2.17 bits per heavy atom. The number of carbonyl (C=O) groups excluding carboxylic acids is 1. The predicted molar refractivity (Wildman–Crippen MR) is 156 cm³/mol. The number of nitrogens with zero attached hydrogens (tertiary/aromatic N) is 2. The molecule has 3 aromatic carbocycles. The molecular weight excluding hydrogens is 566 g/mol. The highest BCUT2D eigenvalue weighted by molar-refractivity contribution is 7.93. The van der Waals surface area contributed by atoms with E-state index in [1.54, 1.807) is 61.5 Å². The molecule has 3 aromatic rings. The van der Waals surface area contributed by atoms with Crippen LogP contribution in [0.2, 0.25) is 0 Å². The first-order valence-electron chi connectivity index (χ1n) is 13.5. The van der Waals surface area contributed by atoms with Gasteiger partial charge >= 0.3 is 0 Å². The first-order chi connectivity index (χ1) is 19.7. The largest absolute Gasteiger partial charge is 0.492 e. The number of ether oxygens (including phenoxy) is 2. The van der Waals surface area contributed by atoms with Gasteiger partial charge < -0.3 is 14.8 Å². The minimum atomic E-state index is -4.08. The normalized spacial score (nSPS) is 14.3. The topological polar surface area (TPSA) is 122 Å². The lowest BCUT2D eigenvalue weighted by Gasteiger charge is -2.26. The van der Waals surface area contributed by atoms with Crippen LogP contribution in [0.5, 0.6) is 11.5 Å². The number of piperidine rings is 1. The summed E-state index contributed by atoms with van der Waals surface area (Å²) in [5, 5.41) is 2.69. The Hall–Kier alpha value is -3.61. The monoisotopic (exact) mass is 601 g/mol. The molecule has 0 bridgehead atoms. The lowest BCUT2D eigenvalue weighted by molar-refractivity contribution is -0.119. The standard InChI is InChI=1S/C29H35N3O7S2/c1-2-38-28-14-8-7-13-27(28)32(41(36,37)25-11-5-3-6-12-25)23-29(33)30-19-22-39-24-15-17-26(18-16-24)40(34,35)31-20-9-4-10-21-31/h3,5-8,11-18H,2,4,9-10,19-23H2,1H3,(H,30,33). The first kappa shape index (κ1) is 30.4. The second-order valence-corrected chi connectivity index (χ2v) is 13.2. The molecule has 1 N–H and O–H groups in total. The van der Waals surface area contributed by atoms with E-state index in [2.05, 4.69) is 5.32 Å². The molecule has 12 heteroatoms. The number of carbonyl (C=O) groups is 1. The summed E-state index contributed by atoms with van der Waals surface area (Å²) in [5.74, 6) is 0.273. The van der Waals surface area contributed by atoms with Gasteiger partial charge in [0.05, 0.1) is 28.6 Å². The van der Waals surface area contributed by atoms with Crippen LogP contribution in [0.3, 0.4) is 0 Å². The van der Waals surface area contributed by atoms with Crippen molar-refractivity contribution in [1.82, 2.24) is 9.62 Å². The van der Waals surface area contributed by atoms with Crippen molar-refractivity contribution in [3.8, 4) is 11.5 Å². The van der Waals surface area contributed by atoms with Crippen molar-refractivity contribution >= 4 is 31.6 Å². The summed E-state index contributed by atoms with van der Waals surface area (Å²) >= 11 is 0. The van der Waals surface area contributed by atoms with Crippen LogP contribution in [0.1, 0.15) is 26.2 Å². The fourth-order valence-electron chi connectivity index (χ4n) is 4.47. The third kappa shape index (κ3) is 7.57. The highest BCUT2D eigenvalue weighted by atomic mass is 32.2. The summed E-state index contributed by atoms with van der Waals surface area (Å²) in [6.07, 6.45) is 2.76. The SMILES string of the molecule is CCOc1ccccc1N(CC(=O)NCCOc1ccc(S(=O)(=O)N2CCCCC2)cc1)S(=O)(=O)c1ccccc1. The maximum Gasteiger partial charge on any atom is 0.264 e. The molecule has 0 aromatic heterocycles. The summed E-state index contributed by atoms with van der Waals surface area (Å²) in [6, 6.07) is 20.7. The van der Waals surface area contributed by atoms with Gasteiger partial charge in [-0.25, -0.2) is 16.8 Å². The van der Waals surface area contributed by atoms with Crippen LogP contribution >= 0.6 is 0 Å². The van der Waals surface area contributed by atoms with Crippen molar-refractivity contribution in [2.45, 2.75) is 36.0 Å². The van der Waals surface area contributed by atoms with Crippen LogP contribution in [-0.2, 0) is 24.8 Å². The number of hydrogen-bond acceptors (Lipinski definition) is 7. The summed E-state index contributed by atoms with van der Waals surface area (Å²) in [6.45, 7) is 2.92. The van der Waals surface area contributed by atoms with Gasteiger partial charge in [-0.15, -0.1) is 0 Å². The molecular formula is C29H35N3O7S2. The van der Waals surface area contributed by atoms with Crippen LogP contribution in [0.25, 0.3) is 0 Å². The second-order valence-electron chi connectivity index (χ2n) is 9.36. The van der Waals surface area contributed by atoms with Crippen LogP contribution < -0.4 is 19.1 Å². The molecule has 1 fully saturated rings. The molecule has 1 saturated heterocycles. The zero-order chi connectivity index (χ0) is 29.3. The zero-order valence-electron chi connectivity index (χ0n) is 22.9. The number of amides is 1. The van der Waals surface area contributed by atoms with Gasteiger partial charge in [0.1, 0.15) is 24.7 Å². The number of rotatable bonds is 13. The number of benzene rings is 3. The van der Waals surface area contributed by atoms with Crippen molar-refractivity contribution < 1.29 is 31.1 Å². The van der Waals surface area contributed by atoms with Crippen molar-refractivity contribution in [2.24, 2.45) is 0 Å². The van der Waals surface area contributed by atoms with Gasteiger partial charge in [-0.3, -0.25) is 9.10 Å². The molecule has 0 radical (unpaired) electrons. The smallest absolute Gasteiger partial charge is 0.264 e. The number of anilines is 1. The van der Waals surface area contributed by atoms with Crippen LogP contribution in [-0.4, -0.2) is 66.4 Å².